The zero-order chi connectivity index (χ0) is 13.5. The van der Waals surface area contributed by atoms with E-state index in [4.69, 9.17) is 5.26 Å². The first-order chi connectivity index (χ1) is 9.29. The molecule has 2 aromatic rings. The van der Waals surface area contributed by atoms with E-state index in [1.54, 1.807) is 6.20 Å². The smallest absolute Gasteiger partial charge is 0.101 e. The number of hydrogen-bond donors (Lipinski definition) is 1. The summed E-state index contributed by atoms with van der Waals surface area (Å²) >= 11 is 3.41. The van der Waals surface area contributed by atoms with Crippen molar-refractivity contribution in [2.24, 2.45) is 0 Å². The molecule has 1 heterocycles. The van der Waals surface area contributed by atoms with Crippen molar-refractivity contribution in [2.45, 2.75) is 19.4 Å². The second-order valence-electron chi connectivity index (χ2n) is 4.24. The molecule has 0 radical (unpaired) electrons. The summed E-state index contributed by atoms with van der Waals surface area (Å²) in [6.45, 7) is 1.84. The first kappa shape index (κ1) is 13.6. The minimum Gasteiger partial charge on any atom is -0.384 e. The average molecular weight is 319 g/mol. The van der Waals surface area contributed by atoms with Gasteiger partial charge >= 0.3 is 0 Å². The number of halogens is 1. The van der Waals surface area contributed by atoms with E-state index in [0.717, 1.165) is 36.1 Å². The van der Waals surface area contributed by atoms with Crippen LogP contribution in [0.1, 0.15) is 18.4 Å². The number of hydrogen-bond acceptors (Lipinski definition) is 3. The van der Waals surface area contributed by atoms with Gasteiger partial charge in [0.15, 0.2) is 0 Å². The maximum absolute atomic E-state index is 9.02. The number of benzene rings is 1. The van der Waals surface area contributed by atoms with Crippen molar-refractivity contribution in [3.8, 4) is 6.07 Å². The summed E-state index contributed by atoms with van der Waals surface area (Å²) in [6, 6.07) is 7.82. The summed E-state index contributed by atoms with van der Waals surface area (Å²) in [6.07, 6.45) is 7.72. The van der Waals surface area contributed by atoms with Crippen LogP contribution in [0, 0.1) is 11.3 Å². The van der Waals surface area contributed by atoms with Crippen LogP contribution in [0.25, 0.3) is 0 Å². The van der Waals surface area contributed by atoms with Crippen molar-refractivity contribution in [2.75, 3.05) is 11.9 Å². The summed E-state index contributed by atoms with van der Waals surface area (Å²) in [5.41, 5.74) is 1.57. The summed E-state index contributed by atoms with van der Waals surface area (Å²) in [5, 5.41) is 12.3. The molecular formula is C14H15BrN4. The second kappa shape index (κ2) is 6.95. The van der Waals surface area contributed by atoms with Crippen LogP contribution in [0.4, 0.5) is 5.69 Å². The molecule has 1 aromatic carbocycles. The fourth-order valence-corrected chi connectivity index (χ4v) is 2.18. The van der Waals surface area contributed by atoms with Gasteiger partial charge in [0.2, 0.25) is 0 Å². The van der Waals surface area contributed by atoms with Gasteiger partial charge in [0.05, 0.1) is 17.6 Å². The topological polar surface area (TPSA) is 53.6 Å². The lowest BCUT2D eigenvalue weighted by Gasteiger charge is -2.08. The Bertz CT molecular complexity index is 557. The van der Waals surface area contributed by atoms with E-state index in [1.807, 2.05) is 30.7 Å². The molecule has 0 aliphatic heterocycles. The normalized spacial score (nSPS) is 10.1. The van der Waals surface area contributed by atoms with Crippen molar-refractivity contribution in [1.29, 1.82) is 5.26 Å². The largest absolute Gasteiger partial charge is 0.384 e. The van der Waals surface area contributed by atoms with Gasteiger partial charge in [-0.3, -0.25) is 0 Å². The molecule has 1 aromatic heterocycles. The minimum atomic E-state index is 0.679. The molecule has 19 heavy (non-hydrogen) atoms. The summed E-state index contributed by atoms with van der Waals surface area (Å²) < 4.78 is 3.05. The van der Waals surface area contributed by atoms with Crippen LogP contribution < -0.4 is 5.32 Å². The average Bonchev–Trinajstić information content (AvgIpc) is 2.92. The van der Waals surface area contributed by atoms with E-state index in [0.29, 0.717) is 5.56 Å². The molecule has 0 bridgehead atoms. The molecule has 0 saturated carbocycles. The molecule has 98 valence electrons. The molecule has 0 saturated heterocycles. The maximum atomic E-state index is 9.02. The number of aryl methyl sites for hydroxylation is 1. The SMILES string of the molecule is N#Cc1ccc(Br)cc1NCCCCn1ccnc1. The fourth-order valence-electron chi connectivity index (χ4n) is 1.82. The van der Waals surface area contributed by atoms with Gasteiger partial charge in [-0.1, -0.05) is 15.9 Å². The highest BCUT2D eigenvalue weighted by Gasteiger charge is 2.01. The molecule has 0 aliphatic rings. The first-order valence-electron chi connectivity index (χ1n) is 6.19. The van der Waals surface area contributed by atoms with E-state index in [1.165, 1.54) is 0 Å². The van der Waals surface area contributed by atoms with Crippen molar-refractivity contribution in [1.82, 2.24) is 9.55 Å². The van der Waals surface area contributed by atoms with E-state index in [9.17, 15) is 0 Å². The Balaban J connectivity index is 1.76. The second-order valence-corrected chi connectivity index (χ2v) is 5.15. The van der Waals surface area contributed by atoms with Gasteiger partial charge in [0, 0.05) is 30.0 Å². The summed E-state index contributed by atoms with van der Waals surface area (Å²) in [5.74, 6) is 0. The Hall–Kier alpha value is -1.80. The van der Waals surface area contributed by atoms with Crippen LogP contribution in [0.5, 0.6) is 0 Å². The van der Waals surface area contributed by atoms with Crippen LogP contribution in [0.2, 0.25) is 0 Å². The van der Waals surface area contributed by atoms with Gasteiger partial charge in [0.25, 0.3) is 0 Å². The number of nitrogens with zero attached hydrogens (tertiary/aromatic N) is 3. The Kier molecular flexibility index (Phi) is 4.99. The number of rotatable bonds is 6. The highest BCUT2D eigenvalue weighted by atomic mass is 79.9. The molecule has 0 unspecified atom stereocenters. The van der Waals surface area contributed by atoms with E-state index in [2.05, 4.69) is 36.9 Å². The molecule has 1 N–H and O–H groups in total. The lowest BCUT2D eigenvalue weighted by Crippen LogP contribution is -2.05. The van der Waals surface area contributed by atoms with Crippen LogP contribution in [0.15, 0.2) is 41.4 Å². The number of imidazole rings is 1. The molecule has 0 atom stereocenters. The van der Waals surface area contributed by atoms with E-state index >= 15 is 0 Å². The van der Waals surface area contributed by atoms with Crippen LogP contribution >= 0.6 is 15.9 Å². The lowest BCUT2D eigenvalue weighted by molar-refractivity contribution is 0.621. The number of nitrogens with one attached hydrogen (secondary N) is 1. The highest BCUT2D eigenvalue weighted by Crippen LogP contribution is 2.20. The van der Waals surface area contributed by atoms with Gasteiger partial charge in [-0.25, -0.2) is 4.98 Å². The number of aromatic nitrogens is 2. The quantitative estimate of drug-likeness (QED) is 0.830. The molecule has 0 spiro atoms. The molecule has 5 heteroatoms. The Morgan fingerprint density at radius 1 is 1.37 bits per heavy atom. The van der Waals surface area contributed by atoms with Crippen molar-refractivity contribution in [3.63, 3.8) is 0 Å². The van der Waals surface area contributed by atoms with Crippen LogP contribution in [0.3, 0.4) is 0 Å². The molecular weight excluding hydrogens is 304 g/mol. The van der Waals surface area contributed by atoms with Gasteiger partial charge in [-0.05, 0) is 31.0 Å². The van der Waals surface area contributed by atoms with Crippen molar-refractivity contribution >= 4 is 21.6 Å². The van der Waals surface area contributed by atoms with Crippen molar-refractivity contribution < 1.29 is 0 Å². The highest BCUT2D eigenvalue weighted by molar-refractivity contribution is 9.10. The third-order valence-electron chi connectivity index (χ3n) is 2.82. The Morgan fingerprint density at radius 2 is 2.26 bits per heavy atom. The van der Waals surface area contributed by atoms with Crippen LogP contribution in [-0.4, -0.2) is 16.1 Å². The third-order valence-corrected chi connectivity index (χ3v) is 3.31. The standard InChI is InChI=1S/C14H15BrN4/c15-13-4-3-12(10-16)14(9-13)18-5-1-2-7-19-8-6-17-11-19/h3-4,6,8-9,11,18H,1-2,5,7H2. The zero-order valence-electron chi connectivity index (χ0n) is 10.5. The van der Waals surface area contributed by atoms with Gasteiger partial charge < -0.3 is 9.88 Å². The molecule has 0 amide bonds. The molecule has 2 rings (SSSR count). The van der Waals surface area contributed by atoms with Gasteiger partial charge in [-0.15, -0.1) is 0 Å². The summed E-state index contributed by atoms with van der Waals surface area (Å²) in [7, 11) is 0. The fraction of sp³-hybridized carbons (Fsp3) is 0.286. The number of unbranched alkanes of at least 4 members (excludes halogenated alkanes) is 1. The third kappa shape index (κ3) is 4.11. The minimum absolute atomic E-state index is 0.679. The van der Waals surface area contributed by atoms with Crippen LogP contribution in [-0.2, 0) is 6.54 Å². The number of nitriles is 1. The molecule has 0 aliphatic carbocycles. The number of anilines is 1. The maximum Gasteiger partial charge on any atom is 0.101 e. The van der Waals surface area contributed by atoms with Gasteiger partial charge in [0.1, 0.15) is 6.07 Å². The monoisotopic (exact) mass is 318 g/mol. The molecule has 0 fully saturated rings. The van der Waals surface area contributed by atoms with Crippen molar-refractivity contribution in [3.05, 3.63) is 47.0 Å². The van der Waals surface area contributed by atoms with E-state index in [-0.39, 0.29) is 0 Å². The molecule has 4 nitrogen and oxygen atoms in total. The Morgan fingerprint density at radius 3 is 3.00 bits per heavy atom. The Labute approximate surface area is 121 Å². The van der Waals surface area contributed by atoms with Gasteiger partial charge in [-0.2, -0.15) is 5.26 Å². The summed E-state index contributed by atoms with van der Waals surface area (Å²) in [4.78, 5) is 4.01. The van der Waals surface area contributed by atoms with E-state index < -0.39 is 0 Å². The zero-order valence-corrected chi connectivity index (χ0v) is 12.1. The predicted molar refractivity (Wildman–Crippen MR) is 78.8 cm³/mol. The first-order valence-corrected chi connectivity index (χ1v) is 6.98. The predicted octanol–water partition coefficient (Wildman–Crippen LogP) is 3.41. The lowest BCUT2D eigenvalue weighted by atomic mass is 10.2.